The number of nitrogens with one attached hydrogen (secondary N) is 1. The number of hydrogen-bond acceptors (Lipinski definition) is 4. The predicted molar refractivity (Wildman–Crippen MR) is 73.4 cm³/mol. The van der Waals surface area contributed by atoms with E-state index in [4.69, 9.17) is 10.0 Å². The second-order valence-corrected chi connectivity index (χ2v) is 4.83. The molecule has 0 aliphatic carbocycles. The summed E-state index contributed by atoms with van der Waals surface area (Å²) in [6, 6.07) is 8.47. The highest BCUT2D eigenvalue weighted by Gasteiger charge is 2.19. The normalized spacial score (nSPS) is 12.4. The molecular formula is C12H17N2O4P. The van der Waals surface area contributed by atoms with Gasteiger partial charge >= 0.3 is 13.6 Å². The third-order valence-corrected chi connectivity index (χ3v) is 2.81. The lowest BCUT2D eigenvalue weighted by Gasteiger charge is -2.15. The van der Waals surface area contributed by atoms with Crippen molar-refractivity contribution < 1.29 is 18.6 Å². The summed E-state index contributed by atoms with van der Waals surface area (Å²) < 4.78 is 21.4. The number of para-hydroxylation sites is 1. The summed E-state index contributed by atoms with van der Waals surface area (Å²) >= 11 is 0. The molecule has 3 N–H and O–H groups in total. The van der Waals surface area contributed by atoms with Crippen LogP contribution in [0.1, 0.15) is 6.92 Å². The quantitative estimate of drug-likeness (QED) is 0.468. The lowest BCUT2D eigenvalue weighted by Crippen LogP contribution is -2.27. The molecule has 0 radical (unpaired) electrons. The molecule has 1 aromatic carbocycles. The van der Waals surface area contributed by atoms with Gasteiger partial charge in [0.05, 0.1) is 6.61 Å². The molecule has 1 rings (SSSR count). The van der Waals surface area contributed by atoms with Crippen molar-refractivity contribution in [2.75, 3.05) is 13.2 Å². The zero-order chi connectivity index (χ0) is 14.7. The van der Waals surface area contributed by atoms with E-state index in [0.29, 0.717) is 5.75 Å². The van der Waals surface area contributed by atoms with Crippen molar-refractivity contribution in [1.82, 2.24) is 5.09 Å². The standard InChI is InChI=1S/C10H15N2O4P.C2H2/c1-2-15-10(13)8-12-17(11,14)16-9-6-4-3-5-7-9;1-2/h3-7H,2,8H2,1H3,(H3,11,12,14);1-2H. The lowest BCUT2D eigenvalue weighted by atomic mass is 10.3. The van der Waals surface area contributed by atoms with Crippen molar-refractivity contribution in [1.29, 1.82) is 0 Å². The second-order valence-electron chi connectivity index (χ2n) is 3.14. The molecular weight excluding hydrogens is 267 g/mol. The minimum Gasteiger partial charge on any atom is -0.465 e. The van der Waals surface area contributed by atoms with Gasteiger partial charge in [0.15, 0.2) is 0 Å². The van der Waals surface area contributed by atoms with Crippen molar-refractivity contribution in [3.63, 3.8) is 0 Å². The van der Waals surface area contributed by atoms with Gasteiger partial charge in [0.1, 0.15) is 12.3 Å². The number of hydrogen-bond donors (Lipinski definition) is 2. The maximum absolute atomic E-state index is 11.7. The summed E-state index contributed by atoms with van der Waals surface area (Å²) in [6.45, 7) is 1.68. The van der Waals surface area contributed by atoms with Crippen molar-refractivity contribution >= 4 is 13.6 Å². The van der Waals surface area contributed by atoms with Crippen LogP contribution < -0.4 is 15.1 Å². The third-order valence-electron chi connectivity index (χ3n) is 1.73. The number of carbonyl (C=O) groups excluding carboxylic acids is 1. The largest absolute Gasteiger partial charge is 0.465 e. The van der Waals surface area contributed by atoms with E-state index < -0.39 is 13.6 Å². The molecule has 0 spiro atoms. The number of benzene rings is 1. The second kappa shape index (κ2) is 9.17. The molecule has 0 saturated heterocycles. The molecule has 0 bridgehead atoms. The molecule has 0 fully saturated rings. The average Bonchev–Trinajstić information content (AvgIpc) is 2.40. The molecule has 19 heavy (non-hydrogen) atoms. The zero-order valence-corrected chi connectivity index (χ0v) is 11.5. The molecule has 0 aromatic heterocycles. The van der Waals surface area contributed by atoms with Gasteiger partial charge in [-0.1, -0.05) is 18.2 Å². The molecule has 0 aliphatic rings. The summed E-state index contributed by atoms with van der Waals surface area (Å²) in [5.41, 5.74) is 5.41. The molecule has 0 amide bonds. The van der Waals surface area contributed by atoms with Crippen LogP contribution in [-0.2, 0) is 14.1 Å². The molecule has 0 saturated carbocycles. The van der Waals surface area contributed by atoms with Gasteiger partial charge in [-0.25, -0.2) is 15.2 Å². The Bertz CT molecular complexity index is 448. The monoisotopic (exact) mass is 284 g/mol. The Morgan fingerprint density at radius 3 is 2.47 bits per heavy atom. The topological polar surface area (TPSA) is 90.6 Å². The van der Waals surface area contributed by atoms with E-state index in [2.05, 4.69) is 22.7 Å². The first-order chi connectivity index (χ1) is 9.03. The molecule has 0 heterocycles. The summed E-state index contributed by atoms with van der Waals surface area (Å²) in [5, 5.41) is 2.33. The summed E-state index contributed by atoms with van der Waals surface area (Å²) in [6.07, 6.45) is 8.00. The number of terminal acetylenes is 1. The van der Waals surface area contributed by atoms with Crippen LogP contribution in [-0.4, -0.2) is 19.1 Å². The van der Waals surface area contributed by atoms with Crippen molar-refractivity contribution in [2.45, 2.75) is 6.92 Å². The van der Waals surface area contributed by atoms with Gasteiger partial charge in [-0.05, 0) is 19.1 Å². The Kier molecular flexibility index (Phi) is 8.30. The molecule has 104 valence electrons. The molecule has 1 unspecified atom stereocenters. The summed E-state index contributed by atoms with van der Waals surface area (Å²) in [5.74, 6) is -0.162. The van der Waals surface area contributed by atoms with Crippen molar-refractivity contribution in [2.24, 2.45) is 5.50 Å². The fourth-order valence-electron chi connectivity index (χ4n) is 1.06. The van der Waals surface area contributed by atoms with E-state index in [9.17, 15) is 9.36 Å². The zero-order valence-electron chi connectivity index (χ0n) is 10.6. The van der Waals surface area contributed by atoms with Crippen molar-refractivity contribution in [3.8, 4) is 18.6 Å². The van der Waals surface area contributed by atoms with Crippen LogP contribution in [0.4, 0.5) is 0 Å². The number of esters is 1. The molecule has 7 heteroatoms. The predicted octanol–water partition coefficient (Wildman–Crippen LogP) is 1.53. The van der Waals surface area contributed by atoms with E-state index >= 15 is 0 Å². The highest BCUT2D eigenvalue weighted by Crippen LogP contribution is 2.33. The summed E-state index contributed by atoms with van der Waals surface area (Å²) in [7, 11) is -3.54. The first-order valence-corrected chi connectivity index (χ1v) is 7.10. The number of carbonyl (C=O) groups is 1. The number of ether oxygens (including phenoxy) is 1. The van der Waals surface area contributed by atoms with E-state index in [-0.39, 0.29) is 13.2 Å². The fourth-order valence-corrected chi connectivity index (χ4v) is 1.91. The van der Waals surface area contributed by atoms with Gasteiger partial charge in [-0.3, -0.25) is 4.79 Å². The first-order valence-electron chi connectivity index (χ1n) is 5.41. The van der Waals surface area contributed by atoms with Gasteiger partial charge in [-0.2, -0.15) is 0 Å². The molecule has 1 atom stereocenters. The van der Waals surface area contributed by atoms with Gasteiger partial charge < -0.3 is 9.26 Å². The van der Waals surface area contributed by atoms with Crippen LogP contribution in [0.15, 0.2) is 30.3 Å². The Morgan fingerprint density at radius 1 is 1.37 bits per heavy atom. The van der Waals surface area contributed by atoms with Crippen LogP contribution >= 0.6 is 7.67 Å². The maximum atomic E-state index is 11.7. The van der Waals surface area contributed by atoms with Gasteiger partial charge in [0.2, 0.25) is 0 Å². The number of rotatable bonds is 6. The fraction of sp³-hybridized carbons (Fsp3) is 0.250. The smallest absolute Gasteiger partial charge is 0.388 e. The SMILES string of the molecule is C#C.CCOC(=O)CNP(N)(=O)Oc1ccccc1. The van der Waals surface area contributed by atoms with Crippen molar-refractivity contribution in [3.05, 3.63) is 30.3 Å². The van der Waals surface area contributed by atoms with Gasteiger partial charge in [0, 0.05) is 0 Å². The van der Waals surface area contributed by atoms with E-state index in [0.717, 1.165) is 0 Å². The van der Waals surface area contributed by atoms with E-state index in [1.54, 1.807) is 37.3 Å². The Morgan fingerprint density at radius 2 is 1.95 bits per heavy atom. The van der Waals surface area contributed by atoms with Crippen LogP contribution in [0.5, 0.6) is 5.75 Å². The maximum Gasteiger partial charge on any atom is 0.388 e. The van der Waals surface area contributed by atoms with Crippen LogP contribution in [0.3, 0.4) is 0 Å². The lowest BCUT2D eigenvalue weighted by molar-refractivity contribution is -0.141. The Labute approximate surface area is 112 Å². The van der Waals surface area contributed by atoms with Crippen LogP contribution in [0, 0.1) is 12.8 Å². The minimum atomic E-state index is -3.54. The Balaban J connectivity index is 0.00000154. The minimum absolute atomic E-state index is 0.256. The third kappa shape index (κ3) is 8.01. The first kappa shape index (κ1) is 17.2. The van der Waals surface area contributed by atoms with E-state index in [1.165, 1.54) is 0 Å². The molecule has 1 aromatic rings. The van der Waals surface area contributed by atoms with Crippen LogP contribution in [0.2, 0.25) is 0 Å². The molecule has 6 nitrogen and oxygen atoms in total. The number of nitrogens with two attached hydrogens (primary N) is 1. The average molecular weight is 284 g/mol. The van der Waals surface area contributed by atoms with Gasteiger partial charge in [-0.15, -0.1) is 12.8 Å². The van der Waals surface area contributed by atoms with E-state index in [1.807, 2.05) is 0 Å². The Hall–Kier alpha value is -1.80. The summed E-state index contributed by atoms with van der Waals surface area (Å²) in [4.78, 5) is 11.0. The highest BCUT2D eigenvalue weighted by atomic mass is 31.2. The van der Waals surface area contributed by atoms with Crippen LogP contribution in [0.25, 0.3) is 0 Å². The highest BCUT2D eigenvalue weighted by molar-refractivity contribution is 7.54. The molecule has 0 aliphatic heterocycles. The van der Waals surface area contributed by atoms with Gasteiger partial charge in [0.25, 0.3) is 0 Å².